The van der Waals surface area contributed by atoms with Gasteiger partial charge in [0, 0.05) is 28.2 Å². The molecule has 0 unspecified atom stereocenters. The largest absolute Gasteiger partial charge is 0.437 e. The molecule has 5 rings (SSSR count). The van der Waals surface area contributed by atoms with Crippen molar-refractivity contribution in [2.75, 3.05) is 16.0 Å². The molecule has 2 aliphatic heterocycles. The zero-order valence-corrected chi connectivity index (χ0v) is 17.5. The van der Waals surface area contributed by atoms with Crippen LogP contribution >= 0.6 is 0 Å². The van der Waals surface area contributed by atoms with Crippen LogP contribution in [0.25, 0.3) is 5.57 Å². The number of amides is 2. The Balaban J connectivity index is 1.49. The van der Waals surface area contributed by atoms with E-state index in [9.17, 15) is 9.59 Å². The molecule has 0 aromatic heterocycles. The Morgan fingerprint density at radius 2 is 1.79 bits per heavy atom. The summed E-state index contributed by atoms with van der Waals surface area (Å²) in [5.41, 5.74) is 6.13. The molecule has 160 valence electrons. The molecule has 0 aliphatic carbocycles. The first-order valence-electron chi connectivity index (χ1n) is 10.1. The van der Waals surface area contributed by atoms with Gasteiger partial charge in [0.1, 0.15) is 5.71 Å². The van der Waals surface area contributed by atoms with E-state index in [0.717, 1.165) is 22.5 Å². The number of nitriles is 1. The van der Waals surface area contributed by atoms with Crippen molar-refractivity contribution in [2.45, 2.75) is 6.92 Å². The summed E-state index contributed by atoms with van der Waals surface area (Å²) in [4.78, 5) is 30.3. The summed E-state index contributed by atoms with van der Waals surface area (Å²) in [6.07, 6.45) is -0.798. The smallest absolute Gasteiger partial charge is 0.352 e. The van der Waals surface area contributed by atoms with Crippen LogP contribution < -0.4 is 16.0 Å². The van der Waals surface area contributed by atoms with E-state index in [-0.39, 0.29) is 5.91 Å². The number of anilines is 3. The summed E-state index contributed by atoms with van der Waals surface area (Å²) in [7, 11) is 0. The number of hydrogen-bond acceptors (Lipinski definition) is 6. The van der Waals surface area contributed by atoms with Crippen LogP contribution in [0.4, 0.5) is 21.9 Å². The van der Waals surface area contributed by atoms with Crippen LogP contribution in [0.2, 0.25) is 0 Å². The minimum Gasteiger partial charge on any atom is -0.352 e. The molecule has 0 atom stereocenters. The number of hydrogen-bond donors (Lipinski definition) is 3. The van der Waals surface area contributed by atoms with Crippen molar-refractivity contribution < 1.29 is 14.4 Å². The van der Waals surface area contributed by atoms with Crippen molar-refractivity contribution in [3.63, 3.8) is 0 Å². The summed E-state index contributed by atoms with van der Waals surface area (Å²) >= 11 is 0. The topological polar surface area (TPSA) is 116 Å². The van der Waals surface area contributed by atoms with E-state index in [4.69, 9.17) is 10.1 Å². The molecule has 8 heteroatoms. The summed E-state index contributed by atoms with van der Waals surface area (Å²) < 4.78 is 0. The molecular formula is C25H17N5O3. The second-order valence-corrected chi connectivity index (χ2v) is 7.56. The second kappa shape index (κ2) is 7.98. The molecule has 0 bridgehead atoms. The minimum absolute atomic E-state index is 0.263. The van der Waals surface area contributed by atoms with E-state index >= 15 is 0 Å². The lowest BCUT2D eigenvalue weighted by molar-refractivity contribution is -0.110. The Labute approximate surface area is 189 Å². The molecule has 3 aromatic rings. The molecule has 0 saturated heterocycles. The number of carbonyl (C=O) groups excluding carboxylic acids is 2. The van der Waals surface area contributed by atoms with Gasteiger partial charge in [-0.2, -0.15) is 5.26 Å². The Morgan fingerprint density at radius 1 is 1.00 bits per heavy atom. The Kier molecular flexibility index (Phi) is 4.84. The number of nitrogens with zero attached hydrogens (tertiary/aromatic N) is 2. The van der Waals surface area contributed by atoms with Crippen molar-refractivity contribution in [3.8, 4) is 6.07 Å². The zero-order valence-electron chi connectivity index (χ0n) is 17.5. The zero-order chi connectivity index (χ0) is 22.9. The van der Waals surface area contributed by atoms with Gasteiger partial charge in [-0.15, -0.1) is 0 Å². The molecule has 33 heavy (non-hydrogen) atoms. The summed E-state index contributed by atoms with van der Waals surface area (Å²) in [6, 6.07) is 21.5. The first-order chi connectivity index (χ1) is 16.0. The van der Waals surface area contributed by atoms with Crippen LogP contribution in [0.15, 0.2) is 77.6 Å². The van der Waals surface area contributed by atoms with Crippen molar-refractivity contribution in [1.82, 2.24) is 0 Å². The lowest BCUT2D eigenvalue weighted by atomic mass is 10.0. The van der Waals surface area contributed by atoms with Gasteiger partial charge in [-0.25, -0.2) is 4.79 Å². The lowest BCUT2D eigenvalue weighted by Crippen LogP contribution is -2.15. The molecule has 2 amide bonds. The third-order valence-electron chi connectivity index (χ3n) is 5.33. The molecule has 3 N–H and O–H groups in total. The molecule has 0 spiro atoms. The average molecular weight is 435 g/mol. The van der Waals surface area contributed by atoms with E-state index in [2.05, 4.69) is 21.1 Å². The van der Waals surface area contributed by atoms with Gasteiger partial charge in [0.15, 0.2) is 0 Å². The van der Waals surface area contributed by atoms with E-state index in [1.54, 1.807) is 24.3 Å². The number of allylic oxidation sites excluding steroid dienone is 1. The fourth-order valence-electron chi connectivity index (χ4n) is 3.79. The molecule has 0 saturated carbocycles. The summed E-state index contributed by atoms with van der Waals surface area (Å²) in [6.45, 7) is 1.95. The monoisotopic (exact) mass is 435 g/mol. The normalized spacial score (nSPS) is 17.0. The Morgan fingerprint density at radius 3 is 2.58 bits per heavy atom. The maximum Gasteiger partial charge on any atom is 0.437 e. The molecule has 0 radical (unpaired) electrons. The third kappa shape index (κ3) is 3.68. The fraction of sp³-hybridized carbons (Fsp3) is 0.0400. The Bertz CT molecular complexity index is 1410. The predicted octanol–water partition coefficient (Wildman–Crippen LogP) is 4.61. The molecule has 2 heterocycles. The lowest BCUT2D eigenvalue weighted by Gasteiger charge is -2.07. The van der Waals surface area contributed by atoms with Crippen LogP contribution in [0.1, 0.15) is 22.3 Å². The number of para-hydroxylation sites is 1. The number of aryl methyl sites for hydroxylation is 1. The molecule has 2 aliphatic rings. The van der Waals surface area contributed by atoms with Gasteiger partial charge in [-0.05, 0) is 48.9 Å². The van der Waals surface area contributed by atoms with Crippen molar-refractivity contribution in [1.29, 1.82) is 5.26 Å². The third-order valence-corrected chi connectivity index (χ3v) is 5.33. The highest BCUT2D eigenvalue weighted by molar-refractivity contribution is 6.39. The summed E-state index contributed by atoms with van der Waals surface area (Å²) in [5.74, 6) is -0.263. The average Bonchev–Trinajstić information content (AvgIpc) is 3.33. The highest BCUT2D eigenvalue weighted by atomic mass is 16.7. The van der Waals surface area contributed by atoms with Gasteiger partial charge in [0.05, 0.1) is 22.9 Å². The number of nitrogens with one attached hydrogen (secondary N) is 3. The maximum atomic E-state index is 12.9. The standard InChI is InChI=1S/C25H17N5O3/c1-14-6-11-17-20(12-14)29-24(31)21(17)23-22(18-4-2-3-5-19(18)28-23)30-33-25(32)27-16-9-7-15(13-26)8-10-16/h2-12,28H,1H3,(H,27,32)(H,29,31)/b23-21-,30-22+. The SMILES string of the molecule is Cc1ccc2c(c1)NC(=O)/C2=C1\Nc2ccccc2\C1=N/OC(=O)Nc1ccc(C#N)cc1. The number of rotatable bonds is 2. The summed E-state index contributed by atoms with van der Waals surface area (Å²) in [5, 5.41) is 21.7. The first-order valence-corrected chi connectivity index (χ1v) is 10.1. The van der Waals surface area contributed by atoms with Crippen LogP contribution in [-0.4, -0.2) is 17.7 Å². The number of carbonyl (C=O) groups is 2. The van der Waals surface area contributed by atoms with Crippen LogP contribution in [0, 0.1) is 18.3 Å². The van der Waals surface area contributed by atoms with E-state index in [1.807, 2.05) is 55.5 Å². The van der Waals surface area contributed by atoms with Gasteiger partial charge >= 0.3 is 6.09 Å². The number of fused-ring (bicyclic) bond motifs is 2. The highest BCUT2D eigenvalue weighted by Crippen LogP contribution is 2.39. The highest BCUT2D eigenvalue weighted by Gasteiger charge is 2.34. The quantitative estimate of drug-likeness (QED) is 0.309. The van der Waals surface area contributed by atoms with Crippen LogP contribution in [0.3, 0.4) is 0 Å². The minimum atomic E-state index is -0.798. The first kappa shape index (κ1) is 20.0. The van der Waals surface area contributed by atoms with Crippen molar-refractivity contribution in [3.05, 3.63) is 94.7 Å². The second-order valence-electron chi connectivity index (χ2n) is 7.56. The maximum absolute atomic E-state index is 12.9. The van der Waals surface area contributed by atoms with Gasteiger partial charge in [0.2, 0.25) is 0 Å². The van der Waals surface area contributed by atoms with Gasteiger partial charge in [0.25, 0.3) is 5.91 Å². The van der Waals surface area contributed by atoms with Crippen molar-refractivity contribution >= 4 is 40.3 Å². The van der Waals surface area contributed by atoms with E-state index in [0.29, 0.717) is 33.8 Å². The van der Waals surface area contributed by atoms with Crippen LogP contribution in [-0.2, 0) is 9.63 Å². The van der Waals surface area contributed by atoms with Crippen molar-refractivity contribution in [2.24, 2.45) is 5.16 Å². The van der Waals surface area contributed by atoms with E-state index in [1.165, 1.54) is 0 Å². The molecule has 0 fully saturated rings. The number of oxime groups is 1. The van der Waals surface area contributed by atoms with Crippen LogP contribution in [0.5, 0.6) is 0 Å². The number of benzene rings is 3. The molecule has 8 nitrogen and oxygen atoms in total. The van der Waals surface area contributed by atoms with Gasteiger partial charge in [-0.3, -0.25) is 14.9 Å². The van der Waals surface area contributed by atoms with Gasteiger partial charge in [-0.1, -0.05) is 35.5 Å². The van der Waals surface area contributed by atoms with Gasteiger partial charge < -0.3 is 10.6 Å². The fourth-order valence-corrected chi connectivity index (χ4v) is 3.79. The predicted molar refractivity (Wildman–Crippen MR) is 125 cm³/mol. The Hall–Kier alpha value is -4.90. The molecule has 3 aromatic carbocycles. The van der Waals surface area contributed by atoms with E-state index < -0.39 is 6.09 Å². The molecular weight excluding hydrogens is 418 g/mol.